The molecular weight excluding hydrogens is 336 g/mol. The zero-order valence-electron chi connectivity index (χ0n) is 14.5. The second-order valence-electron chi connectivity index (χ2n) is 5.55. The molecule has 1 amide bonds. The van der Waals surface area contributed by atoms with E-state index in [-0.39, 0.29) is 5.91 Å². The molecule has 0 radical (unpaired) electrons. The van der Waals surface area contributed by atoms with Crippen molar-refractivity contribution in [3.63, 3.8) is 0 Å². The molecule has 25 heavy (non-hydrogen) atoms. The Morgan fingerprint density at radius 2 is 1.84 bits per heavy atom. The number of anilines is 1. The maximum atomic E-state index is 12.1. The molecule has 132 valence electrons. The second kappa shape index (κ2) is 9.69. The Morgan fingerprint density at radius 3 is 2.56 bits per heavy atom. The Hall–Kier alpha value is -2.53. The highest BCUT2D eigenvalue weighted by Crippen LogP contribution is 2.22. The van der Waals surface area contributed by atoms with Crippen LogP contribution < -0.4 is 16.0 Å². The number of carbonyl (C=O) groups excluding carboxylic acids is 1. The molecule has 5 nitrogen and oxygen atoms in total. The van der Waals surface area contributed by atoms with Crippen LogP contribution in [0.1, 0.15) is 17.5 Å². The van der Waals surface area contributed by atoms with E-state index in [2.05, 4.69) is 20.9 Å². The number of nitrogens with one attached hydrogen (secondary N) is 3. The average Bonchev–Trinajstić information content (AvgIpc) is 2.62. The van der Waals surface area contributed by atoms with Crippen LogP contribution in [0.5, 0.6) is 0 Å². The lowest BCUT2D eigenvalue weighted by Gasteiger charge is -2.13. The molecule has 0 heterocycles. The third kappa shape index (κ3) is 6.12. The summed E-state index contributed by atoms with van der Waals surface area (Å²) in [5.74, 6) is 0.590. The van der Waals surface area contributed by atoms with Gasteiger partial charge >= 0.3 is 0 Å². The van der Waals surface area contributed by atoms with E-state index in [1.807, 2.05) is 49.4 Å². The first-order valence-corrected chi connectivity index (χ1v) is 8.51. The summed E-state index contributed by atoms with van der Waals surface area (Å²) >= 11 is 6.06. The molecule has 0 aromatic heterocycles. The van der Waals surface area contributed by atoms with Crippen molar-refractivity contribution in [3.05, 3.63) is 64.7 Å². The topological polar surface area (TPSA) is 65.5 Å². The molecule has 0 aliphatic rings. The summed E-state index contributed by atoms with van der Waals surface area (Å²) in [5, 5.41) is 9.87. The number of guanidine groups is 1. The minimum Gasteiger partial charge on any atom is -0.356 e. The summed E-state index contributed by atoms with van der Waals surface area (Å²) in [6.07, 6.45) is 0.331. The molecule has 0 atom stereocenters. The maximum absolute atomic E-state index is 12.1. The molecule has 0 fully saturated rings. The fourth-order valence-electron chi connectivity index (χ4n) is 2.25. The van der Waals surface area contributed by atoms with Gasteiger partial charge in [0.1, 0.15) is 0 Å². The fraction of sp³-hybridized carbons (Fsp3) is 0.263. The van der Waals surface area contributed by atoms with Crippen LogP contribution in [-0.2, 0) is 11.3 Å². The maximum Gasteiger partial charge on any atom is 0.226 e. The minimum atomic E-state index is -0.0728. The van der Waals surface area contributed by atoms with Gasteiger partial charge in [-0.15, -0.1) is 0 Å². The number of hydrogen-bond acceptors (Lipinski definition) is 2. The van der Waals surface area contributed by atoms with Crippen molar-refractivity contribution in [1.82, 2.24) is 10.6 Å². The molecule has 0 saturated heterocycles. The standard InChI is InChI=1S/C19H23ClN4O/c1-14-16(20)9-6-10-17(14)24-18(25)11-12-22-19(21-2)23-13-15-7-4-3-5-8-15/h3-10H,11-13H2,1-2H3,(H,24,25)(H2,21,22,23). The molecule has 2 aromatic carbocycles. The van der Waals surface area contributed by atoms with Gasteiger partial charge < -0.3 is 16.0 Å². The van der Waals surface area contributed by atoms with Crippen molar-refractivity contribution in [2.45, 2.75) is 19.9 Å². The van der Waals surface area contributed by atoms with Crippen LogP contribution in [0.4, 0.5) is 5.69 Å². The Balaban J connectivity index is 1.74. The van der Waals surface area contributed by atoms with E-state index in [1.54, 1.807) is 13.1 Å². The predicted octanol–water partition coefficient (Wildman–Crippen LogP) is 3.34. The minimum absolute atomic E-state index is 0.0728. The summed E-state index contributed by atoms with van der Waals surface area (Å²) in [6, 6.07) is 15.5. The highest BCUT2D eigenvalue weighted by Gasteiger charge is 2.07. The van der Waals surface area contributed by atoms with Crippen LogP contribution in [0.15, 0.2) is 53.5 Å². The Bertz CT molecular complexity index is 731. The van der Waals surface area contributed by atoms with Crippen molar-refractivity contribution in [2.75, 3.05) is 18.9 Å². The molecule has 0 aliphatic heterocycles. The molecule has 2 rings (SSSR count). The lowest BCUT2D eigenvalue weighted by atomic mass is 10.2. The average molecular weight is 359 g/mol. The van der Waals surface area contributed by atoms with E-state index in [0.29, 0.717) is 30.5 Å². The van der Waals surface area contributed by atoms with Gasteiger partial charge in [0.2, 0.25) is 5.91 Å². The first-order valence-electron chi connectivity index (χ1n) is 8.13. The summed E-state index contributed by atoms with van der Waals surface area (Å²) in [7, 11) is 1.70. The van der Waals surface area contributed by atoms with Gasteiger partial charge in [0.05, 0.1) is 0 Å². The van der Waals surface area contributed by atoms with Crippen LogP contribution in [0.3, 0.4) is 0 Å². The van der Waals surface area contributed by atoms with Gasteiger partial charge in [-0.25, -0.2) is 0 Å². The van der Waals surface area contributed by atoms with Crippen molar-refractivity contribution < 1.29 is 4.79 Å². The lowest BCUT2D eigenvalue weighted by molar-refractivity contribution is -0.116. The van der Waals surface area contributed by atoms with Crippen LogP contribution in [0.25, 0.3) is 0 Å². The van der Waals surface area contributed by atoms with Gasteiger partial charge in [0, 0.05) is 37.3 Å². The number of benzene rings is 2. The number of halogens is 1. The van der Waals surface area contributed by atoms with Gasteiger partial charge in [0.25, 0.3) is 0 Å². The number of amides is 1. The van der Waals surface area contributed by atoms with Gasteiger partial charge in [-0.05, 0) is 30.2 Å². The third-order valence-corrected chi connectivity index (χ3v) is 4.12. The second-order valence-corrected chi connectivity index (χ2v) is 5.96. The third-order valence-electron chi connectivity index (χ3n) is 3.71. The molecule has 0 unspecified atom stereocenters. The van der Waals surface area contributed by atoms with Crippen LogP contribution in [0.2, 0.25) is 5.02 Å². The van der Waals surface area contributed by atoms with Crippen LogP contribution in [-0.4, -0.2) is 25.5 Å². The molecule has 0 saturated carbocycles. The van der Waals surface area contributed by atoms with Gasteiger partial charge in [-0.3, -0.25) is 9.79 Å². The number of nitrogens with zero attached hydrogens (tertiary/aromatic N) is 1. The number of rotatable bonds is 6. The summed E-state index contributed by atoms with van der Waals surface area (Å²) in [5.41, 5.74) is 2.77. The molecule has 3 N–H and O–H groups in total. The van der Waals surface area contributed by atoms with E-state index in [0.717, 1.165) is 11.3 Å². The molecule has 0 aliphatic carbocycles. The number of carbonyl (C=O) groups is 1. The zero-order chi connectivity index (χ0) is 18.1. The van der Waals surface area contributed by atoms with Gasteiger partial charge in [-0.1, -0.05) is 48.0 Å². The van der Waals surface area contributed by atoms with E-state index in [9.17, 15) is 4.79 Å². The lowest BCUT2D eigenvalue weighted by Crippen LogP contribution is -2.38. The highest BCUT2D eigenvalue weighted by molar-refractivity contribution is 6.31. The first-order chi connectivity index (χ1) is 12.1. The Morgan fingerprint density at radius 1 is 1.08 bits per heavy atom. The highest BCUT2D eigenvalue weighted by atomic mass is 35.5. The van der Waals surface area contributed by atoms with E-state index >= 15 is 0 Å². The molecule has 6 heteroatoms. The summed E-state index contributed by atoms with van der Waals surface area (Å²) < 4.78 is 0. The fourth-order valence-corrected chi connectivity index (χ4v) is 2.43. The van der Waals surface area contributed by atoms with Crippen LogP contribution in [0, 0.1) is 6.92 Å². The quantitative estimate of drug-likeness (QED) is 0.548. The molecule has 2 aromatic rings. The van der Waals surface area contributed by atoms with Crippen molar-refractivity contribution >= 4 is 29.2 Å². The normalized spacial score (nSPS) is 11.1. The number of aliphatic imine (C=N–C) groups is 1. The predicted molar refractivity (Wildman–Crippen MR) is 104 cm³/mol. The van der Waals surface area contributed by atoms with Crippen molar-refractivity contribution in [1.29, 1.82) is 0 Å². The van der Waals surface area contributed by atoms with Gasteiger partial charge in [0.15, 0.2) is 5.96 Å². The smallest absolute Gasteiger partial charge is 0.226 e. The monoisotopic (exact) mass is 358 g/mol. The summed E-state index contributed by atoms with van der Waals surface area (Å²) in [4.78, 5) is 16.2. The van der Waals surface area contributed by atoms with Crippen molar-refractivity contribution in [2.24, 2.45) is 4.99 Å². The Kier molecular flexibility index (Phi) is 7.29. The molecular formula is C19H23ClN4O. The SMILES string of the molecule is CN=C(NCCC(=O)Nc1cccc(Cl)c1C)NCc1ccccc1. The van der Waals surface area contributed by atoms with E-state index < -0.39 is 0 Å². The summed E-state index contributed by atoms with van der Waals surface area (Å²) in [6.45, 7) is 3.04. The molecule has 0 spiro atoms. The van der Waals surface area contributed by atoms with E-state index in [1.165, 1.54) is 5.56 Å². The molecule has 0 bridgehead atoms. The van der Waals surface area contributed by atoms with E-state index in [4.69, 9.17) is 11.6 Å². The van der Waals surface area contributed by atoms with Gasteiger partial charge in [-0.2, -0.15) is 0 Å². The first kappa shape index (κ1) is 18.8. The Labute approximate surface area is 153 Å². The number of hydrogen-bond donors (Lipinski definition) is 3. The van der Waals surface area contributed by atoms with Crippen LogP contribution >= 0.6 is 11.6 Å². The largest absolute Gasteiger partial charge is 0.356 e. The van der Waals surface area contributed by atoms with Crippen molar-refractivity contribution in [3.8, 4) is 0 Å². The zero-order valence-corrected chi connectivity index (χ0v) is 15.2.